The van der Waals surface area contributed by atoms with Crippen LogP contribution in [0.4, 0.5) is 5.00 Å². The van der Waals surface area contributed by atoms with E-state index in [-0.39, 0.29) is 11.8 Å². The number of rotatable bonds is 2. The van der Waals surface area contributed by atoms with E-state index in [0.29, 0.717) is 41.6 Å². The fourth-order valence-electron chi connectivity index (χ4n) is 3.47. The maximum absolute atomic E-state index is 12.9. The summed E-state index contributed by atoms with van der Waals surface area (Å²) in [6.07, 6.45) is -0.686. The van der Waals surface area contributed by atoms with Crippen LogP contribution in [0.25, 0.3) is 0 Å². The molecule has 2 aromatic rings. The number of thiophene rings is 1. The molecule has 1 N–H and O–H groups in total. The van der Waals surface area contributed by atoms with Crippen molar-refractivity contribution in [2.24, 2.45) is 0 Å². The minimum absolute atomic E-state index is 0.00314. The molecule has 2 amide bonds. The third kappa shape index (κ3) is 3.18. The van der Waals surface area contributed by atoms with Gasteiger partial charge in [0.2, 0.25) is 12.0 Å². The Kier molecular flexibility index (Phi) is 4.69. The molecule has 0 aliphatic carbocycles. The van der Waals surface area contributed by atoms with E-state index in [1.807, 2.05) is 12.1 Å². The Labute approximate surface area is 166 Å². The Morgan fingerprint density at radius 1 is 1.29 bits per heavy atom. The van der Waals surface area contributed by atoms with Crippen LogP contribution in [-0.4, -0.2) is 35.5 Å². The van der Waals surface area contributed by atoms with Crippen LogP contribution in [0.3, 0.4) is 0 Å². The molecule has 0 bridgehead atoms. The number of nitrogens with zero attached hydrogens (tertiary/aromatic N) is 2. The summed E-state index contributed by atoms with van der Waals surface area (Å²) >= 11 is 1.34. The first-order valence-electron chi connectivity index (χ1n) is 9.01. The number of para-hydroxylation sites is 2. The van der Waals surface area contributed by atoms with Crippen LogP contribution in [0.15, 0.2) is 24.3 Å². The standard InChI is InChI=1S/C20H19N3O4S/c1-11-18(27-16-6-4-3-5-15(16)26-11)19(25)22-20-14(9-21)13-7-8-23(12(2)24)10-17(13)28-20/h3-6,11,18H,7-8,10H2,1-2H3,(H,22,25). The minimum atomic E-state index is -0.825. The topological polar surface area (TPSA) is 91.7 Å². The molecule has 8 heteroatoms. The van der Waals surface area contributed by atoms with E-state index in [1.54, 1.807) is 24.0 Å². The fourth-order valence-corrected chi connectivity index (χ4v) is 4.68. The van der Waals surface area contributed by atoms with E-state index >= 15 is 0 Å². The zero-order chi connectivity index (χ0) is 19.8. The van der Waals surface area contributed by atoms with Crippen molar-refractivity contribution >= 4 is 28.2 Å². The zero-order valence-electron chi connectivity index (χ0n) is 15.5. The molecule has 1 aromatic carbocycles. The number of hydrogen-bond acceptors (Lipinski definition) is 6. The van der Waals surface area contributed by atoms with Crippen LogP contribution in [0.2, 0.25) is 0 Å². The second-order valence-electron chi connectivity index (χ2n) is 6.81. The second-order valence-corrected chi connectivity index (χ2v) is 7.91. The number of benzene rings is 1. The molecule has 3 heterocycles. The number of amides is 2. The van der Waals surface area contributed by atoms with E-state index in [2.05, 4.69) is 11.4 Å². The second kappa shape index (κ2) is 7.17. The van der Waals surface area contributed by atoms with Crippen LogP contribution in [-0.2, 0) is 22.6 Å². The smallest absolute Gasteiger partial charge is 0.270 e. The first kappa shape index (κ1) is 18.3. The summed E-state index contributed by atoms with van der Waals surface area (Å²) in [4.78, 5) is 27.2. The van der Waals surface area contributed by atoms with Crippen LogP contribution in [0.1, 0.15) is 29.9 Å². The molecule has 2 aliphatic rings. The number of ether oxygens (including phenoxy) is 2. The van der Waals surface area contributed by atoms with Gasteiger partial charge in [-0.2, -0.15) is 5.26 Å². The Morgan fingerprint density at radius 3 is 2.68 bits per heavy atom. The molecular formula is C20H19N3O4S. The molecule has 144 valence electrons. The molecule has 1 aromatic heterocycles. The number of anilines is 1. The maximum Gasteiger partial charge on any atom is 0.270 e. The fraction of sp³-hybridized carbons (Fsp3) is 0.350. The highest BCUT2D eigenvalue weighted by Gasteiger charge is 2.35. The van der Waals surface area contributed by atoms with E-state index in [1.165, 1.54) is 18.3 Å². The number of nitriles is 1. The molecule has 0 spiro atoms. The van der Waals surface area contributed by atoms with Crippen molar-refractivity contribution < 1.29 is 19.1 Å². The minimum Gasteiger partial charge on any atom is -0.482 e. The van der Waals surface area contributed by atoms with E-state index in [4.69, 9.17) is 9.47 Å². The molecule has 2 unspecified atom stereocenters. The number of carbonyl (C=O) groups excluding carboxylic acids is 2. The maximum atomic E-state index is 12.9. The van der Waals surface area contributed by atoms with Crippen molar-refractivity contribution in [1.29, 1.82) is 5.26 Å². The van der Waals surface area contributed by atoms with Gasteiger partial charge < -0.3 is 19.7 Å². The molecule has 28 heavy (non-hydrogen) atoms. The summed E-state index contributed by atoms with van der Waals surface area (Å²) < 4.78 is 11.6. The average molecular weight is 397 g/mol. The summed E-state index contributed by atoms with van der Waals surface area (Å²) in [7, 11) is 0. The number of fused-ring (bicyclic) bond motifs is 2. The first-order chi connectivity index (χ1) is 13.5. The largest absolute Gasteiger partial charge is 0.482 e. The van der Waals surface area contributed by atoms with Gasteiger partial charge in [0, 0.05) is 18.3 Å². The number of nitrogens with one attached hydrogen (secondary N) is 1. The predicted molar refractivity (Wildman–Crippen MR) is 103 cm³/mol. The highest BCUT2D eigenvalue weighted by molar-refractivity contribution is 7.16. The molecule has 0 saturated heterocycles. The predicted octanol–water partition coefficient (Wildman–Crippen LogP) is 2.69. The summed E-state index contributed by atoms with van der Waals surface area (Å²) in [6, 6.07) is 9.41. The van der Waals surface area contributed by atoms with Gasteiger partial charge >= 0.3 is 0 Å². The molecule has 7 nitrogen and oxygen atoms in total. The first-order valence-corrected chi connectivity index (χ1v) is 9.83. The highest BCUT2D eigenvalue weighted by atomic mass is 32.1. The molecule has 0 saturated carbocycles. The lowest BCUT2D eigenvalue weighted by molar-refractivity contribution is -0.129. The van der Waals surface area contributed by atoms with Crippen LogP contribution in [0, 0.1) is 11.3 Å². The Morgan fingerprint density at radius 2 is 2.00 bits per heavy atom. The van der Waals surface area contributed by atoms with Gasteiger partial charge in [-0.25, -0.2) is 0 Å². The lowest BCUT2D eigenvalue weighted by Crippen LogP contribution is -2.46. The van der Waals surface area contributed by atoms with Gasteiger partial charge in [0.1, 0.15) is 17.2 Å². The zero-order valence-corrected chi connectivity index (χ0v) is 16.3. The Bertz CT molecular complexity index is 994. The molecule has 2 aliphatic heterocycles. The lowest BCUT2D eigenvalue weighted by atomic mass is 10.0. The van der Waals surface area contributed by atoms with Crippen molar-refractivity contribution in [1.82, 2.24) is 4.90 Å². The summed E-state index contributed by atoms with van der Waals surface area (Å²) in [5, 5.41) is 13.0. The van der Waals surface area contributed by atoms with Crippen LogP contribution in [0.5, 0.6) is 11.5 Å². The van der Waals surface area contributed by atoms with Crippen molar-refractivity contribution in [2.75, 3.05) is 11.9 Å². The SMILES string of the molecule is CC(=O)N1CCc2c(sc(NC(=O)C3Oc4ccccc4OC3C)c2C#N)C1. The van der Waals surface area contributed by atoms with Gasteiger partial charge in [-0.15, -0.1) is 11.3 Å². The summed E-state index contributed by atoms with van der Waals surface area (Å²) in [6.45, 7) is 4.35. The summed E-state index contributed by atoms with van der Waals surface area (Å²) in [5.41, 5.74) is 1.39. The molecule has 0 fully saturated rings. The van der Waals surface area contributed by atoms with Crippen LogP contribution >= 0.6 is 11.3 Å². The van der Waals surface area contributed by atoms with Gasteiger partial charge in [0.05, 0.1) is 12.1 Å². The van der Waals surface area contributed by atoms with E-state index in [0.717, 1.165) is 10.4 Å². The quantitative estimate of drug-likeness (QED) is 0.841. The van der Waals surface area contributed by atoms with Crippen molar-refractivity contribution in [3.05, 3.63) is 40.3 Å². The Balaban J connectivity index is 1.56. The molecule has 2 atom stereocenters. The highest BCUT2D eigenvalue weighted by Crippen LogP contribution is 2.38. The van der Waals surface area contributed by atoms with Crippen molar-refractivity contribution in [3.63, 3.8) is 0 Å². The lowest BCUT2D eigenvalue weighted by Gasteiger charge is -2.30. The number of hydrogen-bond donors (Lipinski definition) is 1. The monoisotopic (exact) mass is 397 g/mol. The van der Waals surface area contributed by atoms with Gasteiger partial charge in [-0.3, -0.25) is 9.59 Å². The molecule has 0 radical (unpaired) electrons. The number of carbonyl (C=O) groups is 2. The molecule has 4 rings (SSSR count). The normalized spacial score (nSPS) is 20.1. The van der Waals surface area contributed by atoms with Crippen molar-refractivity contribution in [2.45, 2.75) is 39.0 Å². The average Bonchev–Trinajstić information content (AvgIpc) is 3.03. The molecular weight excluding hydrogens is 378 g/mol. The van der Waals surface area contributed by atoms with E-state index < -0.39 is 12.2 Å². The van der Waals surface area contributed by atoms with Gasteiger partial charge in [0.15, 0.2) is 11.5 Å². The van der Waals surface area contributed by atoms with Gasteiger partial charge in [0.25, 0.3) is 5.91 Å². The van der Waals surface area contributed by atoms with Crippen LogP contribution < -0.4 is 14.8 Å². The Hall–Kier alpha value is -3.05. The van der Waals surface area contributed by atoms with Gasteiger partial charge in [-0.1, -0.05) is 12.1 Å². The van der Waals surface area contributed by atoms with E-state index in [9.17, 15) is 14.9 Å². The third-order valence-electron chi connectivity index (χ3n) is 4.95. The van der Waals surface area contributed by atoms with Gasteiger partial charge in [-0.05, 0) is 31.0 Å². The summed E-state index contributed by atoms with van der Waals surface area (Å²) in [5.74, 6) is 0.764. The van der Waals surface area contributed by atoms with Crippen molar-refractivity contribution in [3.8, 4) is 17.6 Å². The third-order valence-corrected chi connectivity index (χ3v) is 6.08.